The van der Waals surface area contributed by atoms with Crippen molar-refractivity contribution in [2.45, 2.75) is 30.6 Å². The van der Waals surface area contributed by atoms with Gasteiger partial charge >= 0.3 is 12.0 Å². The van der Waals surface area contributed by atoms with Gasteiger partial charge in [0.25, 0.3) is 0 Å². The van der Waals surface area contributed by atoms with Gasteiger partial charge in [-0.15, -0.1) is 0 Å². The average molecular weight is 312 g/mol. The zero-order chi connectivity index (χ0) is 15.4. The molecule has 3 N–H and O–H groups in total. The summed E-state index contributed by atoms with van der Waals surface area (Å²) in [5.41, 5.74) is -0.208. The van der Waals surface area contributed by atoms with Crippen molar-refractivity contribution in [1.82, 2.24) is 5.32 Å². The number of hydrogen-bond acceptors (Lipinski definition) is 3. The first kappa shape index (κ1) is 15.6. The Kier molecular flexibility index (Phi) is 5.06. The summed E-state index contributed by atoms with van der Waals surface area (Å²) in [4.78, 5) is 22.8. The number of amides is 2. The van der Waals surface area contributed by atoms with Gasteiger partial charge in [0, 0.05) is 11.3 Å². The molecule has 1 aromatic rings. The molecule has 1 saturated carbocycles. The van der Waals surface area contributed by atoms with Gasteiger partial charge < -0.3 is 15.7 Å². The Bertz CT molecular complexity index is 553. The van der Waals surface area contributed by atoms with Gasteiger partial charge in [-0.3, -0.25) is 0 Å². The third-order valence-corrected chi connectivity index (χ3v) is 4.70. The van der Waals surface area contributed by atoms with E-state index in [1.165, 1.54) is 0 Å². The molecule has 114 valence electrons. The van der Waals surface area contributed by atoms with Crippen LogP contribution in [0, 0.1) is 5.82 Å². The molecule has 2 rings (SSSR count). The third kappa shape index (κ3) is 3.87. The monoisotopic (exact) mass is 312 g/mol. The second-order valence-corrected chi connectivity index (χ2v) is 5.99. The molecule has 21 heavy (non-hydrogen) atoms. The van der Waals surface area contributed by atoms with Crippen LogP contribution in [0.4, 0.5) is 14.9 Å². The maximum atomic E-state index is 13.6. The van der Waals surface area contributed by atoms with E-state index >= 15 is 0 Å². The first-order valence-corrected chi connectivity index (χ1v) is 7.93. The molecule has 1 fully saturated rings. The van der Waals surface area contributed by atoms with Gasteiger partial charge in [0.2, 0.25) is 0 Å². The maximum absolute atomic E-state index is 13.6. The van der Waals surface area contributed by atoms with Crippen LogP contribution in [0.1, 0.15) is 29.6 Å². The van der Waals surface area contributed by atoms with Crippen LogP contribution in [0.15, 0.2) is 18.2 Å². The summed E-state index contributed by atoms with van der Waals surface area (Å²) in [6, 6.07) is 2.84. The number of halogens is 1. The Balaban J connectivity index is 2.02. The number of aromatic carboxylic acids is 1. The fourth-order valence-corrected chi connectivity index (χ4v) is 3.39. The first-order chi connectivity index (χ1) is 10.0. The quantitative estimate of drug-likeness (QED) is 0.799. The van der Waals surface area contributed by atoms with E-state index in [4.69, 9.17) is 5.11 Å². The van der Waals surface area contributed by atoms with Crippen molar-refractivity contribution < 1.29 is 19.1 Å². The van der Waals surface area contributed by atoms with E-state index in [9.17, 15) is 14.0 Å². The number of carbonyl (C=O) groups is 2. The third-order valence-electron chi connectivity index (χ3n) is 3.53. The maximum Gasteiger partial charge on any atom is 0.335 e. The summed E-state index contributed by atoms with van der Waals surface area (Å²) in [5.74, 6) is -1.83. The summed E-state index contributed by atoms with van der Waals surface area (Å²) in [5, 5.41) is 14.4. The number of thioether (sulfide) groups is 1. The van der Waals surface area contributed by atoms with Crippen molar-refractivity contribution in [3.63, 3.8) is 0 Å². The molecular weight excluding hydrogens is 295 g/mol. The number of anilines is 1. The molecule has 0 spiro atoms. The summed E-state index contributed by atoms with van der Waals surface area (Å²) < 4.78 is 13.6. The molecule has 0 aromatic heterocycles. The number of carbonyl (C=O) groups excluding carboxylic acids is 1. The van der Waals surface area contributed by atoms with Gasteiger partial charge in [-0.25, -0.2) is 14.0 Å². The summed E-state index contributed by atoms with van der Waals surface area (Å²) in [7, 11) is 0. The highest BCUT2D eigenvalue weighted by atomic mass is 32.2. The Morgan fingerprint density at radius 1 is 1.38 bits per heavy atom. The fraction of sp³-hybridized carbons (Fsp3) is 0.429. The standard InChI is InChI=1S/C14H17FN2O3S/c1-21-12-4-2-3-10(12)16-14(20)17-11-7-8(13(18)19)5-6-9(11)15/h5-7,10,12H,2-4H2,1H3,(H,18,19)(H2,16,17,20). The minimum Gasteiger partial charge on any atom is -0.478 e. The topological polar surface area (TPSA) is 78.4 Å². The molecule has 2 unspecified atom stereocenters. The van der Waals surface area contributed by atoms with E-state index in [2.05, 4.69) is 10.6 Å². The van der Waals surface area contributed by atoms with E-state index < -0.39 is 17.8 Å². The second kappa shape index (κ2) is 6.80. The van der Waals surface area contributed by atoms with Crippen LogP contribution in [0.25, 0.3) is 0 Å². The minimum atomic E-state index is -1.17. The molecule has 1 aliphatic carbocycles. The Morgan fingerprint density at radius 2 is 2.14 bits per heavy atom. The van der Waals surface area contributed by atoms with E-state index in [-0.39, 0.29) is 17.3 Å². The lowest BCUT2D eigenvalue weighted by atomic mass is 10.2. The lowest BCUT2D eigenvalue weighted by molar-refractivity contribution is 0.0697. The van der Waals surface area contributed by atoms with Crippen LogP contribution < -0.4 is 10.6 Å². The predicted molar refractivity (Wildman–Crippen MR) is 80.5 cm³/mol. The zero-order valence-electron chi connectivity index (χ0n) is 11.6. The fourth-order valence-electron chi connectivity index (χ4n) is 2.45. The molecule has 5 nitrogen and oxygen atoms in total. The minimum absolute atomic E-state index is 0.0608. The largest absolute Gasteiger partial charge is 0.478 e. The first-order valence-electron chi connectivity index (χ1n) is 6.64. The normalized spacial score (nSPS) is 21.0. The number of hydrogen-bond donors (Lipinski definition) is 3. The Labute approximate surface area is 126 Å². The van der Waals surface area contributed by atoms with Crippen molar-refractivity contribution in [3.05, 3.63) is 29.6 Å². The van der Waals surface area contributed by atoms with E-state index in [1.807, 2.05) is 6.26 Å². The van der Waals surface area contributed by atoms with Gasteiger partial charge in [-0.1, -0.05) is 6.42 Å². The molecule has 0 saturated heterocycles. The average Bonchev–Trinajstić information content (AvgIpc) is 2.88. The van der Waals surface area contributed by atoms with Crippen molar-refractivity contribution in [3.8, 4) is 0 Å². The van der Waals surface area contributed by atoms with Gasteiger partial charge in [0.15, 0.2) is 0 Å². The SMILES string of the molecule is CSC1CCCC1NC(=O)Nc1cc(C(=O)O)ccc1F. The molecule has 0 bridgehead atoms. The zero-order valence-corrected chi connectivity index (χ0v) is 12.4. The number of nitrogens with one attached hydrogen (secondary N) is 2. The van der Waals surface area contributed by atoms with E-state index in [1.54, 1.807) is 11.8 Å². The highest BCUT2D eigenvalue weighted by molar-refractivity contribution is 7.99. The number of rotatable bonds is 4. The van der Waals surface area contributed by atoms with Gasteiger partial charge in [-0.05, 0) is 37.3 Å². The molecule has 1 aromatic carbocycles. The Hall–Kier alpha value is -1.76. The van der Waals surface area contributed by atoms with Crippen molar-refractivity contribution >= 4 is 29.4 Å². The lowest BCUT2D eigenvalue weighted by Gasteiger charge is -2.19. The molecule has 2 atom stereocenters. The van der Waals surface area contributed by atoms with Crippen LogP contribution in [-0.4, -0.2) is 34.7 Å². The number of carboxylic acid groups (broad SMARTS) is 1. The van der Waals surface area contributed by atoms with E-state index in [0.29, 0.717) is 5.25 Å². The van der Waals surface area contributed by atoms with Crippen molar-refractivity contribution in [2.75, 3.05) is 11.6 Å². The predicted octanol–water partition coefficient (Wildman–Crippen LogP) is 2.93. The molecule has 1 aliphatic rings. The van der Waals surface area contributed by atoms with Crippen LogP contribution in [0.3, 0.4) is 0 Å². The number of urea groups is 1. The second-order valence-electron chi connectivity index (χ2n) is 4.91. The molecule has 7 heteroatoms. The molecule has 0 aliphatic heterocycles. The summed E-state index contributed by atoms with van der Waals surface area (Å²) >= 11 is 1.70. The van der Waals surface area contributed by atoms with Crippen molar-refractivity contribution in [1.29, 1.82) is 0 Å². The summed E-state index contributed by atoms with van der Waals surface area (Å²) in [6.45, 7) is 0. The van der Waals surface area contributed by atoms with Gasteiger partial charge in [0.05, 0.1) is 11.3 Å². The van der Waals surface area contributed by atoms with Crippen LogP contribution in [0.5, 0.6) is 0 Å². The Morgan fingerprint density at radius 3 is 2.81 bits per heavy atom. The summed E-state index contributed by atoms with van der Waals surface area (Å²) in [6.07, 6.45) is 5.00. The molecule has 0 radical (unpaired) electrons. The van der Waals surface area contributed by atoms with Crippen LogP contribution in [-0.2, 0) is 0 Å². The van der Waals surface area contributed by atoms with Crippen LogP contribution >= 0.6 is 11.8 Å². The lowest BCUT2D eigenvalue weighted by Crippen LogP contribution is -2.41. The van der Waals surface area contributed by atoms with E-state index in [0.717, 1.165) is 37.5 Å². The number of carboxylic acids is 1. The molecule has 2 amide bonds. The number of benzene rings is 1. The highest BCUT2D eigenvalue weighted by Crippen LogP contribution is 2.28. The highest BCUT2D eigenvalue weighted by Gasteiger charge is 2.27. The smallest absolute Gasteiger partial charge is 0.335 e. The molecular formula is C14H17FN2O3S. The van der Waals surface area contributed by atoms with Crippen LogP contribution in [0.2, 0.25) is 0 Å². The van der Waals surface area contributed by atoms with Crippen molar-refractivity contribution in [2.24, 2.45) is 0 Å². The molecule has 0 heterocycles. The van der Waals surface area contributed by atoms with Gasteiger partial charge in [-0.2, -0.15) is 11.8 Å². The van der Waals surface area contributed by atoms with Gasteiger partial charge in [0.1, 0.15) is 5.82 Å².